The van der Waals surface area contributed by atoms with Gasteiger partial charge in [0.15, 0.2) is 8.32 Å². The number of piperidine rings is 1. The van der Waals surface area contributed by atoms with Crippen molar-refractivity contribution >= 4 is 20.2 Å². The van der Waals surface area contributed by atoms with Crippen LogP contribution in [-0.4, -0.2) is 49.9 Å². The highest BCUT2D eigenvalue weighted by atomic mass is 28.4. The molecule has 1 saturated heterocycles. The second-order valence-corrected chi connectivity index (χ2v) is 14.9. The summed E-state index contributed by atoms with van der Waals surface area (Å²) in [7, 11) is -2.03. The third-order valence-corrected chi connectivity index (χ3v) is 11.5. The van der Waals surface area contributed by atoms with Crippen LogP contribution in [0.5, 0.6) is 0 Å². The van der Waals surface area contributed by atoms with Gasteiger partial charge in [-0.05, 0) is 37.4 Å². The third-order valence-electron chi connectivity index (χ3n) is 5.40. The Hall–Kier alpha value is -0.883. The zero-order chi connectivity index (χ0) is 20.3. The highest BCUT2D eigenvalue weighted by Crippen LogP contribution is 2.42. The van der Waals surface area contributed by atoms with Crippen molar-refractivity contribution in [2.24, 2.45) is 0 Å². The van der Waals surface area contributed by atoms with Crippen LogP contribution in [-0.2, 0) is 14.0 Å². The minimum Gasteiger partial charge on any atom is -0.444 e. The van der Waals surface area contributed by atoms with Gasteiger partial charge in [0.05, 0.1) is 12.6 Å². The summed E-state index contributed by atoms with van der Waals surface area (Å²) in [6.07, 6.45) is 0.416. The third kappa shape index (κ3) is 5.56. The maximum Gasteiger partial charge on any atom is 0.410 e. The molecule has 0 radical (unpaired) electrons. The van der Waals surface area contributed by atoms with Gasteiger partial charge in [0.1, 0.15) is 11.4 Å². The van der Waals surface area contributed by atoms with E-state index in [2.05, 4.69) is 41.5 Å². The molecule has 0 saturated carbocycles. The van der Waals surface area contributed by atoms with Gasteiger partial charge in [0.25, 0.3) is 0 Å². The molecule has 1 aliphatic heterocycles. The molecule has 1 amide bonds. The van der Waals surface area contributed by atoms with E-state index in [9.17, 15) is 9.59 Å². The van der Waals surface area contributed by atoms with E-state index in [4.69, 9.17) is 9.16 Å². The Balaban J connectivity index is 2.97. The molecule has 26 heavy (non-hydrogen) atoms. The molecule has 0 bridgehead atoms. The smallest absolute Gasteiger partial charge is 0.410 e. The van der Waals surface area contributed by atoms with Crippen molar-refractivity contribution in [3.63, 3.8) is 0 Å². The first-order chi connectivity index (χ1) is 11.8. The molecule has 0 spiro atoms. The van der Waals surface area contributed by atoms with Crippen LogP contribution in [0.2, 0.25) is 16.6 Å². The molecule has 0 aliphatic carbocycles. The van der Waals surface area contributed by atoms with Gasteiger partial charge >= 0.3 is 6.09 Å². The molecule has 1 unspecified atom stereocenters. The number of hydrogen-bond acceptors (Lipinski definition) is 4. The lowest BCUT2D eigenvalue weighted by Gasteiger charge is -2.44. The molecular formula is C20H39NO4Si. The van der Waals surface area contributed by atoms with Crippen LogP contribution in [0.25, 0.3) is 0 Å². The van der Waals surface area contributed by atoms with Crippen molar-refractivity contribution in [1.29, 1.82) is 0 Å². The number of nitrogens with zero attached hydrogens (tertiary/aromatic N) is 1. The number of carbonyl (C=O) groups is 2. The largest absolute Gasteiger partial charge is 0.444 e. The van der Waals surface area contributed by atoms with E-state index in [0.717, 1.165) is 0 Å². The van der Waals surface area contributed by atoms with Crippen LogP contribution >= 0.6 is 0 Å². The second kappa shape index (κ2) is 8.87. The molecule has 1 aliphatic rings. The van der Waals surface area contributed by atoms with E-state index >= 15 is 0 Å². The standard InChI is InChI=1S/C20H39NO4Si/c1-14(2)26(15(3)4,16(5)6)24-13-17-12-18(22)10-11-21(17)19(23)25-20(7,8)9/h14-17H,10-13H2,1-9H3. The number of Topliss-reactive ketones (excluding diaryl/α,β-unsaturated/α-hetero) is 1. The number of amides is 1. The van der Waals surface area contributed by atoms with Crippen LogP contribution in [0.1, 0.15) is 75.2 Å². The molecule has 6 heteroatoms. The minimum atomic E-state index is -2.03. The molecule has 152 valence electrons. The van der Waals surface area contributed by atoms with Crippen molar-refractivity contribution in [3.8, 4) is 0 Å². The molecule has 0 aromatic carbocycles. The first-order valence-electron chi connectivity index (χ1n) is 9.96. The highest BCUT2D eigenvalue weighted by Gasteiger charge is 2.46. The second-order valence-electron chi connectivity index (χ2n) is 9.45. The summed E-state index contributed by atoms with van der Waals surface area (Å²) in [5.74, 6) is 0.198. The number of hydrogen-bond donors (Lipinski definition) is 0. The van der Waals surface area contributed by atoms with Crippen molar-refractivity contribution < 1.29 is 18.8 Å². The number of carbonyl (C=O) groups excluding carboxylic acids is 2. The summed E-state index contributed by atoms with van der Waals surface area (Å²) in [5.41, 5.74) is 0.862. The van der Waals surface area contributed by atoms with Gasteiger partial charge in [-0.3, -0.25) is 4.79 Å². The Morgan fingerprint density at radius 2 is 1.62 bits per heavy atom. The van der Waals surface area contributed by atoms with Crippen LogP contribution in [0.4, 0.5) is 4.79 Å². The average molecular weight is 386 g/mol. The predicted molar refractivity (Wildman–Crippen MR) is 108 cm³/mol. The first-order valence-corrected chi connectivity index (χ1v) is 12.1. The number of ether oxygens (including phenoxy) is 1. The van der Waals surface area contributed by atoms with E-state index in [1.165, 1.54) is 0 Å². The Morgan fingerprint density at radius 1 is 1.12 bits per heavy atom. The van der Waals surface area contributed by atoms with Crippen molar-refractivity contribution in [2.45, 2.75) is 103 Å². The molecule has 1 fully saturated rings. The molecule has 1 heterocycles. The molecule has 5 nitrogen and oxygen atoms in total. The average Bonchev–Trinajstić information content (AvgIpc) is 2.44. The lowest BCUT2D eigenvalue weighted by molar-refractivity contribution is -0.123. The SMILES string of the molecule is CC(C)[Si](OCC1CC(=O)CCN1C(=O)OC(C)(C)C)(C(C)C)C(C)C. The highest BCUT2D eigenvalue weighted by molar-refractivity contribution is 6.77. The summed E-state index contributed by atoms with van der Waals surface area (Å²) < 4.78 is 12.2. The van der Waals surface area contributed by atoms with E-state index < -0.39 is 13.9 Å². The van der Waals surface area contributed by atoms with Crippen molar-refractivity contribution in [1.82, 2.24) is 4.90 Å². The Morgan fingerprint density at radius 3 is 2.04 bits per heavy atom. The van der Waals surface area contributed by atoms with Crippen molar-refractivity contribution in [2.75, 3.05) is 13.2 Å². The van der Waals surface area contributed by atoms with Crippen LogP contribution < -0.4 is 0 Å². The van der Waals surface area contributed by atoms with Crippen LogP contribution in [0.3, 0.4) is 0 Å². The summed E-state index contributed by atoms with van der Waals surface area (Å²) in [4.78, 5) is 26.3. The lowest BCUT2D eigenvalue weighted by Crippen LogP contribution is -2.54. The lowest BCUT2D eigenvalue weighted by atomic mass is 10.0. The summed E-state index contributed by atoms with van der Waals surface area (Å²) in [5, 5.41) is 0. The van der Waals surface area contributed by atoms with E-state index in [-0.39, 0.29) is 17.9 Å². The van der Waals surface area contributed by atoms with E-state index in [1.807, 2.05) is 20.8 Å². The van der Waals surface area contributed by atoms with Crippen LogP contribution in [0, 0.1) is 0 Å². The fourth-order valence-corrected chi connectivity index (χ4v) is 9.83. The maximum atomic E-state index is 12.6. The molecule has 0 N–H and O–H groups in total. The number of ketones is 1. The van der Waals surface area contributed by atoms with Gasteiger partial charge in [0, 0.05) is 19.4 Å². The van der Waals surface area contributed by atoms with Gasteiger partial charge in [0.2, 0.25) is 0 Å². The predicted octanol–water partition coefficient (Wildman–Crippen LogP) is 5.15. The van der Waals surface area contributed by atoms with Gasteiger partial charge in [-0.1, -0.05) is 41.5 Å². The normalized spacial score (nSPS) is 19.6. The van der Waals surface area contributed by atoms with Gasteiger partial charge in [-0.2, -0.15) is 0 Å². The minimum absolute atomic E-state index is 0.198. The summed E-state index contributed by atoms with van der Waals surface area (Å²) in [6, 6.07) is -0.228. The monoisotopic (exact) mass is 385 g/mol. The molecule has 1 atom stereocenters. The topological polar surface area (TPSA) is 55.8 Å². The van der Waals surface area contributed by atoms with E-state index in [0.29, 0.717) is 42.6 Å². The Labute approximate surface area is 160 Å². The maximum absolute atomic E-state index is 12.6. The van der Waals surface area contributed by atoms with Crippen LogP contribution in [0.15, 0.2) is 0 Å². The summed E-state index contributed by atoms with van der Waals surface area (Å²) >= 11 is 0. The van der Waals surface area contributed by atoms with Gasteiger partial charge in [-0.25, -0.2) is 4.79 Å². The Bertz CT molecular complexity index is 475. The molecule has 0 aromatic heterocycles. The zero-order valence-electron chi connectivity index (χ0n) is 18.2. The molecule has 1 rings (SSSR count). The first kappa shape index (κ1) is 23.2. The molecular weight excluding hydrogens is 346 g/mol. The number of likely N-dealkylation sites (tertiary alicyclic amines) is 1. The fraction of sp³-hybridized carbons (Fsp3) is 0.900. The number of rotatable bonds is 6. The Kier molecular flexibility index (Phi) is 7.90. The van der Waals surface area contributed by atoms with E-state index in [1.54, 1.807) is 4.90 Å². The van der Waals surface area contributed by atoms with Gasteiger partial charge in [-0.15, -0.1) is 0 Å². The van der Waals surface area contributed by atoms with Crippen molar-refractivity contribution in [3.05, 3.63) is 0 Å². The van der Waals surface area contributed by atoms with Gasteiger partial charge < -0.3 is 14.1 Å². The fourth-order valence-electron chi connectivity index (χ4n) is 4.35. The summed E-state index contributed by atoms with van der Waals surface area (Å²) in [6.45, 7) is 19.9. The quantitative estimate of drug-likeness (QED) is 0.594. The zero-order valence-corrected chi connectivity index (χ0v) is 19.2. The molecule has 0 aromatic rings.